The Morgan fingerprint density at radius 2 is 1.57 bits per heavy atom. The first-order chi connectivity index (χ1) is 6.79. The summed E-state index contributed by atoms with van der Waals surface area (Å²) in [5.41, 5.74) is 0.173. The van der Waals surface area contributed by atoms with Crippen molar-refractivity contribution in [1.82, 2.24) is 0 Å². The van der Waals surface area contributed by atoms with Crippen molar-refractivity contribution in [2.75, 3.05) is 6.61 Å². The van der Waals surface area contributed by atoms with Crippen LogP contribution in [0.1, 0.15) is 25.7 Å². The molecule has 1 heterocycles. The van der Waals surface area contributed by atoms with E-state index >= 15 is 0 Å². The first-order valence-corrected chi connectivity index (χ1v) is 5.39. The first-order valence-electron chi connectivity index (χ1n) is 5.39. The maximum absolute atomic E-state index is 10.0. The van der Waals surface area contributed by atoms with E-state index in [2.05, 4.69) is 24.3 Å². The van der Waals surface area contributed by atoms with Crippen LogP contribution >= 0.6 is 0 Å². The molecular formula is C12H16O2. The Hall–Kier alpha value is -0.600. The van der Waals surface area contributed by atoms with E-state index in [9.17, 15) is 5.11 Å². The number of hydrogen-bond acceptors (Lipinski definition) is 2. The smallest absolute Gasteiger partial charge is 0.161 e. The highest BCUT2D eigenvalue weighted by molar-refractivity contribution is 5.20. The summed E-state index contributed by atoms with van der Waals surface area (Å²) >= 11 is 0. The second-order valence-electron chi connectivity index (χ2n) is 4.86. The Bertz CT molecular complexity index is 285. The molecule has 0 aromatic heterocycles. The van der Waals surface area contributed by atoms with Crippen LogP contribution in [0.3, 0.4) is 0 Å². The van der Waals surface area contributed by atoms with Gasteiger partial charge in [0.05, 0.1) is 6.61 Å². The molecule has 76 valence electrons. The van der Waals surface area contributed by atoms with E-state index in [0.717, 1.165) is 32.3 Å². The zero-order valence-electron chi connectivity index (χ0n) is 8.28. The zero-order chi connectivity index (χ0) is 9.65. The van der Waals surface area contributed by atoms with Crippen molar-refractivity contribution >= 4 is 0 Å². The van der Waals surface area contributed by atoms with Crippen LogP contribution in [0.25, 0.3) is 0 Å². The normalized spacial score (nSPS) is 50.2. The van der Waals surface area contributed by atoms with Gasteiger partial charge in [-0.15, -0.1) is 0 Å². The summed E-state index contributed by atoms with van der Waals surface area (Å²) in [5.74, 6) is 0. The van der Waals surface area contributed by atoms with Crippen LogP contribution < -0.4 is 0 Å². The average molecular weight is 192 g/mol. The van der Waals surface area contributed by atoms with E-state index in [1.807, 2.05) is 0 Å². The molecule has 0 aromatic carbocycles. The quantitative estimate of drug-likeness (QED) is 0.595. The SMILES string of the molecule is OC1OCC23CC=CCC12CC=CC3. The lowest BCUT2D eigenvalue weighted by Crippen LogP contribution is -2.46. The van der Waals surface area contributed by atoms with Gasteiger partial charge < -0.3 is 9.84 Å². The van der Waals surface area contributed by atoms with Crippen LogP contribution in [0, 0.1) is 10.8 Å². The fourth-order valence-corrected chi connectivity index (χ4v) is 3.33. The summed E-state index contributed by atoms with van der Waals surface area (Å²) in [6, 6.07) is 0. The van der Waals surface area contributed by atoms with Crippen LogP contribution in [0.4, 0.5) is 0 Å². The lowest BCUT2D eigenvalue weighted by Gasteiger charge is -2.48. The van der Waals surface area contributed by atoms with E-state index in [1.165, 1.54) is 0 Å². The van der Waals surface area contributed by atoms with Crippen LogP contribution in [-0.4, -0.2) is 18.0 Å². The summed E-state index contributed by atoms with van der Waals surface area (Å²) in [5, 5.41) is 10.0. The topological polar surface area (TPSA) is 29.5 Å². The van der Waals surface area contributed by atoms with Crippen LogP contribution in [0.2, 0.25) is 0 Å². The Morgan fingerprint density at radius 1 is 1.00 bits per heavy atom. The molecule has 0 aromatic rings. The van der Waals surface area contributed by atoms with E-state index in [1.54, 1.807) is 0 Å². The molecule has 2 aliphatic carbocycles. The zero-order valence-corrected chi connectivity index (χ0v) is 8.28. The highest BCUT2D eigenvalue weighted by Crippen LogP contribution is 2.61. The van der Waals surface area contributed by atoms with Crippen molar-refractivity contribution < 1.29 is 9.84 Å². The van der Waals surface area contributed by atoms with Gasteiger partial charge in [-0.25, -0.2) is 0 Å². The summed E-state index contributed by atoms with van der Waals surface area (Å²) in [6.07, 6.45) is 12.4. The summed E-state index contributed by atoms with van der Waals surface area (Å²) in [4.78, 5) is 0. The molecule has 0 amide bonds. The first kappa shape index (κ1) is 8.69. The Morgan fingerprint density at radius 3 is 2.14 bits per heavy atom. The van der Waals surface area contributed by atoms with Crippen molar-refractivity contribution in [2.45, 2.75) is 32.0 Å². The van der Waals surface area contributed by atoms with Crippen LogP contribution in [0.15, 0.2) is 24.3 Å². The van der Waals surface area contributed by atoms with Crippen molar-refractivity contribution in [3.8, 4) is 0 Å². The number of aliphatic hydroxyl groups is 1. The minimum absolute atomic E-state index is 0.0174. The van der Waals surface area contributed by atoms with Gasteiger partial charge in [-0.3, -0.25) is 0 Å². The molecule has 3 rings (SSSR count). The Kier molecular flexibility index (Phi) is 1.68. The number of hydrogen-bond donors (Lipinski definition) is 1. The van der Waals surface area contributed by atoms with Gasteiger partial charge in [-0.2, -0.15) is 0 Å². The monoisotopic (exact) mass is 192 g/mol. The van der Waals surface area contributed by atoms with Gasteiger partial charge in [-0.1, -0.05) is 24.3 Å². The molecule has 2 heteroatoms. The highest BCUT2D eigenvalue weighted by atomic mass is 16.6. The van der Waals surface area contributed by atoms with E-state index in [-0.39, 0.29) is 10.8 Å². The standard InChI is InChI=1S/C12H16O2/c13-10-12-7-3-1-5-11(12,9-14-10)6-2-4-8-12/h1-4,10,13H,5-9H2. The molecule has 1 aliphatic heterocycles. The number of ether oxygens (including phenoxy) is 1. The lowest BCUT2D eigenvalue weighted by atomic mass is 9.54. The molecule has 1 atom stereocenters. The third-order valence-electron chi connectivity index (χ3n) is 4.36. The minimum atomic E-state index is -0.558. The van der Waals surface area contributed by atoms with Gasteiger partial charge >= 0.3 is 0 Å². The van der Waals surface area contributed by atoms with E-state index < -0.39 is 6.29 Å². The fourth-order valence-electron chi connectivity index (χ4n) is 3.33. The third-order valence-corrected chi connectivity index (χ3v) is 4.36. The van der Waals surface area contributed by atoms with Crippen molar-refractivity contribution in [1.29, 1.82) is 0 Å². The van der Waals surface area contributed by atoms with Gasteiger partial charge in [0.1, 0.15) is 0 Å². The van der Waals surface area contributed by atoms with Crippen molar-refractivity contribution in [2.24, 2.45) is 10.8 Å². The van der Waals surface area contributed by atoms with Gasteiger partial charge in [0, 0.05) is 10.8 Å². The maximum atomic E-state index is 10.0. The highest BCUT2D eigenvalue weighted by Gasteiger charge is 2.60. The molecule has 1 unspecified atom stereocenters. The second kappa shape index (κ2) is 2.71. The molecule has 3 aliphatic rings. The van der Waals surface area contributed by atoms with E-state index in [4.69, 9.17) is 4.74 Å². The molecule has 0 saturated carbocycles. The maximum Gasteiger partial charge on any atom is 0.161 e. The van der Waals surface area contributed by atoms with Crippen molar-refractivity contribution in [3.63, 3.8) is 0 Å². The molecule has 1 saturated heterocycles. The molecular weight excluding hydrogens is 176 g/mol. The van der Waals surface area contributed by atoms with Crippen LogP contribution in [-0.2, 0) is 4.74 Å². The Balaban J connectivity index is 2.10. The predicted octanol–water partition coefficient (Wildman–Crippen LogP) is 2.01. The molecule has 0 spiro atoms. The number of rotatable bonds is 0. The number of aliphatic hydroxyl groups excluding tert-OH is 1. The predicted molar refractivity (Wildman–Crippen MR) is 53.6 cm³/mol. The fraction of sp³-hybridized carbons (Fsp3) is 0.667. The Labute approximate surface area is 84.3 Å². The summed E-state index contributed by atoms with van der Waals surface area (Å²) < 4.78 is 5.50. The lowest BCUT2D eigenvalue weighted by molar-refractivity contribution is -0.126. The van der Waals surface area contributed by atoms with Gasteiger partial charge in [0.25, 0.3) is 0 Å². The summed E-state index contributed by atoms with van der Waals surface area (Å²) in [6.45, 7) is 0.725. The molecule has 2 nitrogen and oxygen atoms in total. The summed E-state index contributed by atoms with van der Waals surface area (Å²) in [7, 11) is 0. The van der Waals surface area contributed by atoms with Crippen LogP contribution in [0.5, 0.6) is 0 Å². The second-order valence-corrected chi connectivity index (χ2v) is 4.86. The molecule has 1 N–H and O–H groups in total. The average Bonchev–Trinajstić information content (AvgIpc) is 2.54. The molecule has 0 bridgehead atoms. The number of allylic oxidation sites excluding steroid dienone is 4. The van der Waals surface area contributed by atoms with Crippen molar-refractivity contribution in [3.05, 3.63) is 24.3 Å². The van der Waals surface area contributed by atoms with Gasteiger partial charge in [0.2, 0.25) is 0 Å². The molecule has 1 fully saturated rings. The molecule has 14 heavy (non-hydrogen) atoms. The largest absolute Gasteiger partial charge is 0.367 e. The van der Waals surface area contributed by atoms with E-state index in [0.29, 0.717) is 0 Å². The van der Waals surface area contributed by atoms with Gasteiger partial charge in [-0.05, 0) is 25.7 Å². The van der Waals surface area contributed by atoms with Gasteiger partial charge in [0.15, 0.2) is 6.29 Å². The minimum Gasteiger partial charge on any atom is -0.367 e. The molecule has 0 radical (unpaired) electrons. The third kappa shape index (κ3) is 0.836.